The Labute approximate surface area is 185 Å². The smallest absolute Gasteiger partial charge is 0.270 e. The molecule has 1 aromatic carbocycles. The molecule has 3 aromatic rings. The zero-order chi connectivity index (χ0) is 21.5. The minimum atomic E-state index is -0.327. The quantitative estimate of drug-likeness (QED) is 0.600. The highest BCUT2D eigenvalue weighted by Crippen LogP contribution is 2.14. The predicted octanol–water partition coefficient (Wildman–Crippen LogP) is 3.24. The van der Waals surface area contributed by atoms with Gasteiger partial charge in [-0.2, -0.15) is 0 Å². The van der Waals surface area contributed by atoms with Crippen LogP contribution in [-0.4, -0.2) is 52.8 Å². The van der Waals surface area contributed by atoms with Gasteiger partial charge in [-0.15, -0.1) is 11.3 Å². The number of thiazole rings is 1. The number of amides is 2. The van der Waals surface area contributed by atoms with E-state index in [2.05, 4.69) is 20.6 Å². The summed E-state index contributed by atoms with van der Waals surface area (Å²) in [6.07, 6.45) is 3.98. The molecular formula is C23H24N4O3S. The minimum Gasteiger partial charge on any atom is -0.465 e. The summed E-state index contributed by atoms with van der Waals surface area (Å²) in [5.41, 5.74) is 3.59. The van der Waals surface area contributed by atoms with Crippen LogP contribution in [0.2, 0.25) is 0 Å². The van der Waals surface area contributed by atoms with Crippen LogP contribution < -0.4 is 5.32 Å². The van der Waals surface area contributed by atoms with Crippen molar-refractivity contribution in [3.05, 3.63) is 82.3 Å². The third kappa shape index (κ3) is 5.68. The number of nitrogens with one attached hydrogen (secondary N) is 1. The second-order valence-electron chi connectivity index (χ2n) is 7.30. The lowest BCUT2D eigenvalue weighted by Crippen LogP contribution is -2.40. The van der Waals surface area contributed by atoms with Gasteiger partial charge in [-0.05, 0) is 30.7 Å². The maximum absolute atomic E-state index is 13.3. The van der Waals surface area contributed by atoms with Gasteiger partial charge in [0.15, 0.2) is 0 Å². The number of rotatable bonds is 6. The van der Waals surface area contributed by atoms with E-state index in [-0.39, 0.29) is 17.5 Å². The molecule has 2 amide bonds. The molecule has 160 valence electrons. The summed E-state index contributed by atoms with van der Waals surface area (Å²) in [5, 5.41) is 4.84. The molecule has 1 aliphatic heterocycles. The van der Waals surface area contributed by atoms with Crippen LogP contribution in [0, 0.1) is 0 Å². The Bertz CT molecular complexity index is 1020. The number of carbonyl (C=O) groups is 2. The number of hydrogen-bond donors (Lipinski definition) is 1. The van der Waals surface area contributed by atoms with E-state index >= 15 is 0 Å². The molecule has 0 spiro atoms. The lowest BCUT2D eigenvalue weighted by molar-refractivity contribution is -0.127. The number of hydrogen-bond acceptors (Lipinski definition) is 6. The van der Waals surface area contributed by atoms with E-state index in [9.17, 15) is 9.59 Å². The lowest BCUT2D eigenvalue weighted by Gasteiger charge is -2.23. The van der Waals surface area contributed by atoms with Gasteiger partial charge in [0.05, 0.1) is 17.5 Å². The summed E-state index contributed by atoms with van der Waals surface area (Å²) in [4.78, 5) is 34.5. The monoisotopic (exact) mass is 436 g/mol. The highest BCUT2D eigenvalue weighted by molar-refractivity contribution is 7.07. The van der Waals surface area contributed by atoms with Crippen molar-refractivity contribution in [2.75, 3.05) is 26.2 Å². The number of carbonyl (C=O) groups excluding carboxylic acids is 2. The van der Waals surface area contributed by atoms with Gasteiger partial charge in [0, 0.05) is 49.7 Å². The summed E-state index contributed by atoms with van der Waals surface area (Å²) in [6.45, 7) is 3.65. The van der Waals surface area contributed by atoms with E-state index in [4.69, 9.17) is 4.42 Å². The molecule has 3 heterocycles. The average Bonchev–Trinajstić information content (AvgIpc) is 3.45. The fourth-order valence-electron chi connectivity index (χ4n) is 3.50. The van der Waals surface area contributed by atoms with E-state index in [1.54, 1.807) is 58.7 Å². The molecule has 8 heteroatoms. The van der Waals surface area contributed by atoms with Gasteiger partial charge in [0.1, 0.15) is 11.5 Å². The molecule has 0 unspecified atom stereocenters. The molecule has 0 saturated carbocycles. The van der Waals surface area contributed by atoms with Crippen molar-refractivity contribution in [3.8, 4) is 0 Å². The van der Waals surface area contributed by atoms with Gasteiger partial charge in [-0.1, -0.05) is 18.2 Å². The summed E-state index contributed by atoms with van der Waals surface area (Å²) in [5.74, 6) is -0.0281. The topological polar surface area (TPSA) is 78.7 Å². The Morgan fingerprint density at radius 2 is 1.97 bits per heavy atom. The van der Waals surface area contributed by atoms with Crippen molar-refractivity contribution in [1.82, 2.24) is 20.1 Å². The SMILES string of the molecule is O=C(N/C(=C/c1ccco1)C(=O)N1CCCN(Cc2cscn2)CC1)c1ccccc1. The van der Waals surface area contributed by atoms with Crippen molar-refractivity contribution in [1.29, 1.82) is 0 Å². The van der Waals surface area contributed by atoms with Crippen LogP contribution in [0.5, 0.6) is 0 Å². The van der Waals surface area contributed by atoms with Crippen LogP contribution >= 0.6 is 11.3 Å². The molecule has 0 radical (unpaired) electrons. The van der Waals surface area contributed by atoms with Gasteiger partial charge >= 0.3 is 0 Å². The molecule has 4 rings (SSSR count). The van der Waals surface area contributed by atoms with E-state index in [0.29, 0.717) is 24.4 Å². The summed E-state index contributed by atoms with van der Waals surface area (Å²) < 4.78 is 5.38. The highest BCUT2D eigenvalue weighted by Gasteiger charge is 2.24. The van der Waals surface area contributed by atoms with Gasteiger partial charge in [-0.25, -0.2) is 4.98 Å². The van der Waals surface area contributed by atoms with Crippen LogP contribution in [0.1, 0.15) is 28.2 Å². The molecule has 2 aromatic heterocycles. The third-order valence-electron chi connectivity index (χ3n) is 5.09. The first-order valence-electron chi connectivity index (χ1n) is 10.2. The van der Waals surface area contributed by atoms with Crippen molar-refractivity contribution in [2.45, 2.75) is 13.0 Å². The lowest BCUT2D eigenvalue weighted by atomic mass is 10.2. The minimum absolute atomic E-state index is 0.205. The fraction of sp³-hybridized carbons (Fsp3) is 0.261. The predicted molar refractivity (Wildman–Crippen MR) is 119 cm³/mol. The first kappa shape index (κ1) is 21.0. The number of furan rings is 1. The maximum atomic E-state index is 13.3. The molecule has 1 N–H and O–H groups in total. The van der Waals surface area contributed by atoms with Crippen molar-refractivity contribution in [3.63, 3.8) is 0 Å². The second kappa shape index (κ2) is 10.2. The Morgan fingerprint density at radius 1 is 1.10 bits per heavy atom. The van der Waals surface area contributed by atoms with Gasteiger partial charge in [0.25, 0.3) is 11.8 Å². The second-order valence-corrected chi connectivity index (χ2v) is 8.01. The first-order chi connectivity index (χ1) is 15.2. The van der Waals surface area contributed by atoms with Gasteiger partial charge < -0.3 is 14.6 Å². The summed E-state index contributed by atoms with van der Waals surface area (Å²) in [7, 11) is 0. The van der Waals surface area contributed by atoms with Gasteiger partial charge in [0.2, 0.25) is 0 Å². The summed E-state index contributed by atoms with van der Waals surface area (Å²) in [6, 6.07) is 12.3. The Kier molecular flexibility index (Phi) is 6.91. The molecule has 31 heavy (non-hydrogen) atoms. The third-order valence-corrected chi connectivity index (χ3v) is 5.72. The maximum Gasteiger partial charge on any atom is 0.270 e. The number of aromatic nitrogens is 1. The van der Waals surface area contributed by atoms with Crippen molar-refractivity contribution < 1.29 is 14.0 Å². The molecule has 0 aliphatic carbocycles. The molecule has 1 fully saturated rings. The van der Waals surface area contributed by atoms with Crippen LogP contribution in [-0.2, 0) is 11.3 Å². The van der Waals surface area contributed by atoms with E-state index in [1.807, 2.05) is 11.6 Å². The molecule has 0 atom stereocenters. The zero-order valence-electron chi connectivity index (χ0n) is 17.1. The number of benzene rings is 1. The van der Waals surface area contributed by atoms with E-state index < -0.39 is 0 Å². The zero-order valence-corrected chi connectivity index (χ0v) is 17.9. The van der Waals surface area contributed by atoms with Crippen LogP contribution in [0.4, 0.5) is 0 Å². The van der Waals surface area contributed by atoms with E-state index in [0.717, 1.165) is 31.7 Å². The average molecular weight is 437 g/mol. The number of nitrogens with zero attached hydrogens (tertiary/aromatic N) is 3. The largest absolute Gasteiger partial charge is 0.465 e. The van der Waals surface area contributed by atoms with E-state index in [1.165, 1.54) is 6.26 Å². The Balaban J connectivity index is 1.47. The Hall–Kier alpha value is -3.23. The summed E-state index contributed by atoms with van der Waals surface area (Å²) >= 11 is 1.59. The van der Waals surface area contributed by atoms with Crippen LogP contribution in [0.25, 0.3) is 6.08 Å². The Morgan fingerprint density at radius 3 is 2.71 bits per heavy atom. The molecule has 7 nitrogen and oxygen atoms in total. The molecule has 1 aliphatic rings. The normalized spacial score (nSPS) is 15.5. The van der Waals surface area contributed by atoms with Crippen LogP contribution in [0.15, 0.2) is 69.7 Å². The van der Waals surface area contributed by atoms with Crippen LogP contribution in [0.3, 0.4) is 0 Å². The van der Waals surface area contributed by atoms with Crippen molar-refractivity contribution >= 4 is 29.2 Å². The van der Waals surface area contributed by atoms with Crippen molar-refractivity contribution in [2.24, 2.45) is 0 Å². The highest BCUT2D eigenvalue weighted by atomic mass is 32.1. The molecule has 0 bridgehead atoms. The fourth-order valence-corrected chi connectivity index (χ4v) is 4.05. The standard InChI is InChI=1S/C23H24N4O3S/c28-22(18-6-2-1-3-7-18)25-21(14-20-8-4-13-30-20)23(29)27-10-5-9-26(11-12-27)15-19-16-31-17-24-19/h1-4,6-8,13-14,16-17H,5,9-12,15H2,(H,25,28)/b21-14+. The molecule has 1 saturated heterocycles. The molecular weight excluding hydrogens is 412 g/mol. The first-order valence-corrected chi connectivity index (χ1v) is 11.1. The van der Waals surface area contributed by atoms with Gasteiger partial charge in [-0.3, -0.25) is 14.5 Å².